The molecule has 0 radical (unpaired) electrons. The van der Waals surface area contributed by atoms with Gasteiger partial charge in [0.15, 0.2) is 0 Å². The van der Waals surface area contributed by atoms with Gasteiger partial charge in [-0.15, -0.1) is 0 Å². The van der Waals surface area contributed by atoms with Crippen molar-refractivity contribution < 1.29 is 32.7 Å². The Hall–Kier alpha value is -3.56. The average Bonchev–Trinajstić information content (AvgIpc) is 2.89. The summed E-state index contributed by atoms with van der Waals surface area (Å²) in [5, 5.41) is 10.2. The number of carbonyl (C=O) groups excluding carboxylic acids is 2. The maximum Gasteiger partial charge on any atom is 0.324 e. The van der Waals surface area contributed by atoms with Crippen LogP contribution in [0.5, 0.6) is 0 Å². The van der Waals surface area contributed by atoms with Crippen LogP contribution in [0.25, 0.3) is 0 Å². The zero-order chi connectivity index (χ0) is 27.5. The first-order valence-corrected chi connectivity index (χ1v) is 12.8. The van der Waals surface area contributed by atoms with Gasteiger partial charge < -0.3 is 14.9 Å². The summed E-state index contributed by atoms with van der Waals surface area (Å²) in [4.78, 5) is 43.2. The molecule has 1 saturated carbocycles. The zero-order valence-electron chi connectivity index (χ0n) is 21.3. The monoisotopic (exact) mass is 531 g/mol. The van der Waals surface area contributed by atoms with Gasteiger partial charge in [0, 0.05) is 51.1 Å². The molecule has 1 atom stereocenters. The Bertz CT molecular complexity index is 1170. The highest BCUT2D eigenvalue weighted by molar-refractivity contribution is 5.97. The van der Waals surface area contributed by atoms with Crippen LogP contribution < -0.4 is 9.80 Å². The van der Waals surface area contributed by atoms with Crippen molar-refractivity contribution in [2.75, 3.05) is 29.9 Å². The second-order valence-electron chi connectivity index (χ2n) is 10.2. The van der Waals surface area contributed by atoms with Crippen LogP contribution in [0.4, 0.5) is 29.3 Å². The molecular formula is C28H32F3N3O4. The molecule has 204 valence electrons. The molecule has 2 aromatic carbocycles. The van der Waals surface area contributed by atoms with Crippen LogP contribution in [-0.2, 0) is 9.59 Å². The summed E-state index contributed by atoms with van der Waals surface area (Å²) in [6.45, 7) is 0.216. The fourth-order valence-corrected chi connectivity index (χ4v) is 5.49. The molecular weight excluding hydrogens is 499 g/mol. The van der Waals surface area contributed by atoms with Gasteiger partial charge in [-0.25, -0.2) is 18.0 Å². The molecule has 2 aromatic rings. The second-order valence-corrected chi connectivity index (χ2v) is 10.2. The van der Waals surface area contributed by atoms with Crippen LogP contribution >= 0.6 is 0 Å². The summed E-state index contributed by atoms with van der Waals surface area (Å²) in [5.74, 6) is -5.63. The molecule has 1 N–H and O–H groups in total. The van der Waals surface area contributed by atoms with E-state index >= 15 is 0 Å². The van der Waals surface area contributed by atoms with Gasteiger partial charge in [0.1, 0.15) is 5.82 Å². The van der Waals surface area contributed by atoms with Crippen LogP contribution in [0.2, 0.25) is 0 Å². The van der Waals surface area contributed by atoms with Crippen LogP contribution in [-0.4, -0.2) is 60.0 Å². The van der Waals surface area contributed by atoms with E-state index in [1.807, 2.05) is 6.07 Å². The molecule has 2 fully saturated rings. The molecule has 7 nitrogen and oxygen atoms in total. The second kappa shape index (κ2) is 11.0. The number of nitrogens with zero attached hydrogens (tertiary/aromatic N) is 3. The number of halogens is 3. The topological polar surface area (TPSA) is 81.2 Å². The lowest BCUT2D eigenvalue weighted by Crippen LogP contribution is -2.53. The highest BCUT2D eigenvalue weighted by atomic mass is 19.3. The normalized spacial score (nSPS) is 20.4. The Morgan fingerprint density at radius 1 is 1.00 bits per heavy atom. The van der Waals surface area contributed by atoms with Crippen molar-refractivity contribution in [3.8, 4) is 0 Å². The number of piperidine rings is 1. The van der Waals surface area contributed by atoms with E-state index in [4.69, 9.17) is 0 Å². The minimum atomic E-state index is -2.99. The molecule has 1 saturated heterocycles. The molecule has 3 amide bonds. The third kappa shape index (κ3) is 5.79. The number of anilines is 2. The number of likely N-dealkylation sites (tertiary alicyclic amines) is 1. The minimum absolute atomic E-state index is 0.00831. The number of carboxylic acids is 1. The molecule has 4 rings (SSSR count). The SMILES string of the molecule is CN(C(=O)N1CCC(CC(=O)N(c2ccccc2F)C2CCCC(F)(F)C2)(C(=O)O)CC1)c1ccccc1. The minimum Gasteiger partial charge on any atom is -0.481 e. The third-order valence-corrected chi connectivity index (χ3v) is 7.72. The molecule has 1 unspecified atom stereocenters. The van der Waals surface area contributed by atoms with Crippen molar-refractivity contribution in [2.45, 2.75) is 56.9 Å². The van der Waals surface area contributed by atoms with E-state index in [0.717, 1.165) is 11.0 Å². The van der Waals surface area contributed by atoms with E-state index in [9.17, 15) is 32.7 Å². The first-order chi connectivity index (χ1) is 18.0. The van der Waals surface area contributed by atoms with Gasteiger partial charge in [-0.1, -0.05) is 30.3 Å². The zero-order valence-corrected chi connectivity index (χ0v) is 21.3. The van der Waals surface area contributed by atoms with Crippen molar-refractivity contribution in [1.82, 2.24) is 4.90 Å². The van der Waals surface area contributed by atoms with Gasteiger partial charge >= 0.3 is 12.0 Å². The van der Waals surface area contributed by atoms with Crippen LogP contribution in [0.3, 0.4) is 0 Å². The number of hydrogen-bond acceptors (Lipinski definition) is 3. The fourth-order valence-electron chi connectivity index (χ4n) is 5.49. The van der Waals surface area contributed by atoms with Gasteiger partial charge in [0.05, 0.1) is 11.1 Å². The van der Waals surface area contributed by atoms with Crippen molar-refractivity contribution in [2.24, 2.45) is 5.41 Å². The van der Waals surface area contributed by atoms with E-state index in [2.05, 4.69) is 0 Å². The smallest absolute Gasteiger partial charge is 0.324 e. The quantitative estimate of drug-likeness (QED) is 0.530. The lowest BCUT2D eigenvalue weighted by Gasteiger charge is -2.42. The third-order valence-electron chi connectivity index (χ3n) is 7.72. The number of rotatable bonds is 6. The van der Waals surface area contributed by atoms with Gasteiger partial charge in [-0.3, -0.25) is 14.5 Å². The Labute approximate surface area is 219 Å². The van der Waals surface area contributed by atoms with Crippen molar-refractivity contribution in [3.05, 3.63) is 60.4 Å². The number of benzene rings is 2. The fraction of sp³-hybridized carbons (Fsp3) is 0.464. The number of hydrogen-bond donors (Lipinski definition) is 1. The maximum atomic E-state index is 14.8. The number of carboxylic acid groups (broad SMARTS) is 1. The Morgan fingerprint density at radius 3 is 2.24 bits per heavy atom. The number of alkyl halides is 2. The summed E-state index contributed by atoms with van der Waals surface area (Å²) in [5.41, 5.74) is -0.940. The van der Waals surface area contributed by atoms with E-state index in [-0.39, 0.29) is 56.9 Å². The first kappa shape index (κ1) is 27.5. The van der Waals surface area contributed by atoms with Crippen molar-refractivity contribution >= 4 is 29.3 Å². The molecule has 10 heteroatoms. The summed E-state index contributed by atoms with van der Waals surface area (Å²) in [6, 6.07) is 13.2. The predicted molar refractivity (Wildman–Crippen MR) is 137 cm³/mol. The molecule has 2 aliphatic rings. The molecule has 0 bridgehead atoms. The van der Waals surface area contributed by atoms with E-state index in [1.165, 1.54) is 28.0 Å². The highest BCUT2D eigenvalue weighted by Crippen LogP contribution is 2.41. The van der Waals surface area contributed by atoms with Crippen molar-refractivity contribution in [1.29, 1.82) is 0 Å². The highest BCUT2D eigenvalue weighted by Gasteiger charge is 2.47. The summed E-state index contributed by atoms with van der Waals surface area (Å²) in [7, 11) is 1.63. The molecule has 38 heavy (non-hydrogen) atoms. The lowest BCUT2D eigenvalue weighted by molar-refractivity contribution is -0.154. The summed E-state index contributed by atoms with van der Waals surface area (Å²) < 4.78 is 43.4. The van der Waals surface area contributed by atoms with Gasteiger partial charge in [0.2, 0.25) is 11.8 Å². The van der Waals surface area contributed by atoms with Crippen LogP contribution in [0, 0.1) is 11.2 Å². The maximum absolute atomic E-state index is 14.8. The number of aliphatic carboxylic acids is 1. The molecule has 1 heterocycles. The van der Waals surface area contributed by atoms with Crippen LogP contribution in [0.15, 0.2) is 54.6 Å². The van der Waals surface area contributed by atoms with Gasteiger partial charge in [-0.2, -0.15) is 0 Å². The average molecular weight is 532 g/mol. The molecule has 1 aliphatic heterocycles. The van der Waals surface area contributed by atoms with E-state index in [0.29, 0.717) is 5.69 Å². The summed E-state index contributed by atoms with van der Waals surface area (Å²) >= 11 is 0. The summed E-state index contributed by atoms with van der Waals surface area (Å²) in [6.07, 6.45) is -0.932. The number of amides is 3. The lowest BCUT2D eigenvalue weighted by atomic mass is 9.75. The standard InChI is InChI=1S/C28H32F3N3O4/c1-32(20-8-3-2-4-9-20)26(38)33-16-14-27(15-17-33,25(36)37)19-24(35)34(23-12-6-5-11-22(23)29)21-10-7-13-28(30,31)18-21/h2-6,8-9,11-12,21H,7,10,13-19H2,1H3,(H,36,37). The Kier molecular flexibility index (Phi) is 7.99. The number of urea groups is 1. The van der Waals surface area contributed by atoms with E-state index in [1.54, 1.807) is 31.3 Å². The van der Waals surface area contributed by atoms with Crippen LogP contribution in [0.1, 0.15) is 44.9 Å². The van der Waals surface area contributed by atoms with Crippen molar-refractivity contribution in [3.63, 3.8) is 0 Å². The Morgan fingerprint density at radius 2 is 1.63 bits per heavy atom. The number of para-hydroxylation sites is 2. The van der Waals surface area contributed by atoms with Gasteiger partial charge in [0.25, 0.3) is 0 Å². The predicted octanol–water partition coefficient (Wildman–Crippen LogP) is 5.55. The molecule has 0 spiro atoms. The molecule has 1 aliphatic carbocycles. The largest absolute Gasteiger partial charge is 0.481 e. The van der Waals surface area contributed by atoms with E-state index < -0.39 is 47.9 Å². The Balaban J connectivity index is 1.53. The van der Waals surface area contributed by atoms with Gasteiger partial charge in [-0.05, 0) is 49.9 Å². The molecule has 0 aromatic heterocycles. The first-order valence-electron chi connectivity index (χ1n) is 12.8. The number of carbonyl (C=O) groups is 3.